The largest absolute Gasteiger partial charge is 0.457 e. The fraction of sp³-hybridized carbons (Fsp3) is 0.261. The number of piperazine rings is 2. The van der Waals surface area contributed by atoms with Crippen molar-refractivity contribution in [3.05, 3.63) is 60.8 Å². The number of ether oxygens (including phenoxy) is 1. The van der Waals surface area contributed by atoms with Crippen LogP contribution in [0.5, 0.6) is 11.5 Å². The number of amides is 1. The summed E-state index contributed by atoms with van der Waals surface area (Å²) in [5.41, 5.74) is 0.939. The van der Waals surface area contributed by atoms with Gasteiger partial charge in [-0.15, -0.1) is 0 Å². The highest BCUT2D eigenvalue weighted by Gasteiger charge is 2.39. The Bertz CT molecular complexity index is 1130. The number of thiazole rings is 1. The van der Waals surface area contributed by atoms with Gasteiger partial charge in [0, 0.05) is 37.9 Å². The molecule has 3 heterocycles. The quantitative estimate of drug-likeness (QED) is 0.590. The van der Waals surface area contributed by atoms with E-state index in [0.717, 1.165) is 35.0 Å². The normalized spacial score (nSPS) is 19.1. The molecule has 8 heteroatoms. The van der Waals surface area contributed by atoms with Gasteiger partial charge in [0.05, 0.1) is 11.4 Å². The second-order valence-electron chi connectivity index (χ2n) is 7.51. The zero-order valence-electron chi connectivity index (χ0n) is 16.8. The van der Waals surface area contributed by atoms with Crippen molar-refractivity contribution in [3.63, 3.8) is 0 Å². The van der Waals surface area contributed by atoms with Gasteiger partial charge < -0.3 is 9.64 Å². The summed E-state index contributed by atoms with van der Waals surface area (Å²) >= 11 is 1.48. The first-order valence-electron chi connectivity index (χ1n) is 10.2. The summed E-state index contributed by atoms with van der Waals surface area (Å²) in [5.74, 6) is 1.53. The van der Waals surface area contributed by atoms with E-state index in [1.165, 1.54) is 11.3 Å². The van der Waals surface area contributed by atoms with Crippen LogP contribution in [0.25, 0.3) is 10.4 Å². The van der Waals surface area contributed by atoms with Crippen molar-refractivity contribution in [3.8, 4) is 28.1 Å². The molecule has 0 unspecified atom stereocenters. The van der Waals surface area contributed by atoms with Crippen molar-refractivity contribution >= 4 is 22.4 Å². The minimum absolute atomic E-state index is 0.0147. The Labute approximate surface area is 184 Å². The minimum atomic E-state index is -0.289. The number of hydrogen-bond acceptors (Lipinski definition) is 7. The van der Waals surface area contributed by atoms with E-state index in [2.05, 4.69) is 16.1 Å². The summed E-state index contributed by atoms with van der Waals surface area (Å²) < 4.78 is 6.09. The van der Waals surface area contributed by atoms with Crippen LogP contribution >= 0.6 is 11.3 Å². The molecule has 2 aliphatic rings. The van der Waals surface area contributed by atoms with Gasteiger partial charge in [0.2, 0.25) is 5.91 Å². The van der Waals surface area contributed by atoms with Gasteiger partial charge in [-0.2, -0.15) is 5.26 Å². The maximum Gasteiger partial charge on any atom is 0.248 e. The summed E-state index contributed by atoms with van der Waals surface area (Å²) in [6.07, 6.45) is 3.97. The first kappa shape index (κ1) is 19.5. The van der Waals surface area contributed by atoms with E-state index in [1.54, 1.807) is 16.0 Å². The molecule has 1 amide bonds. The number of benzene rings is 2. The maximum atomic E-state index is 13.2. The van der Waals surface area contributed by atoms with E-state index in [0.29, 0.717) is 24.8 Å². The predicted molar refractivity (Wildman–Crippen MR) is 119 cm³/mol. The standard InChI is InChI=1S/C23H21N5O2S/c24-16-26-10-11-27-12-13-28(22(29)19(27)15-26)23-25-14-21(31-23)18-8-4-5-9-20(18)30-17-6-2-1-3-7-17/h1-9,14,19H,10-13,15H2/t19-/m0/s1. The fourth-order valence-corrected chi connectivity index (χ4v) is 4.99. The molecular formula is C23H21N5O2S. The summed E-state index contributed by atoms with van der Waals surface area (Å²) in [6.45, 7) is 3.26. The molecule has 2 aromatic carbocycles. The monoisotopic (exact) mass is 431 g/mol. The average Bonchev–Trinajstić information content (AvgIpc) is 3.30. The number of hydrogen-bond donors (Lipinski definition) is 0. The minimum Gasteiger partial charge on any atom is -0.457 e. The second-order valence-corrected chi connectivity index (χ2v) is 8.52. The lowest BCUT2D eigenvalue weighted by Crippen LogP contribution is -2.64. The van der Waals surface area contributed by atoms with Gasteiger partial charge in [-0.3, -0.25) is 14.6 Å². The van der Waals surface area contributed by atoms with Crippen LogP contribution in [0.2, 0.25) is 0 Å². The van der Waals surface area contributed by atoms with Crippen LogP contribution in [0.4, 0.5) is 5.13 Å². The van der Waals surface area contributed by atoms with Crippen molar-refractivity contribution in [1.29, 1.82) is 5.26 Å². The lowest BCUT2D eigenvalue weighted by atomic mass is 10.1. The van der Waals surface area contributed by atoms with Gasteiger partial charge in [-0.25, -0.2) is 4.98 Å². The third kappa shape index (κ3) is 3.85. The Morgan fingerprint density at radius 1 is 1.03 bits per heavy atom. The molecular weight excluding hydrogens is 410 g/mol. The number of nitriles is 1. The molecule has 31 heavy (non-hydrogen) atoms. The molecule has 0 N–H and O–H groups in total. The average molecular weight is 432 g/mol. The van der Waals surface area contributed by atoms with Crippen molar-refractivity contribution in [2.45, 2.75) is 6.04 Å². The lowest BCUT2D eigenvalue weighted by Gasteiger charge is -2.44. The van der Waals surface area contributed by atoms with E-state index < -0.39 is 0 Å². The van der Waals surface area contributed by atoms with E-state index in [-0.39, 0.29) is 11.9 Å². The number of anilines is 1. The van der Waals surface area contributed by atoms with E-state index in [1.807, 2.05) is 54.6 Å². The lowest BCUT2D eigenvalue weighted by molar-refractivity contribution is -0.127. The highest BCUT2D eigenvalue weighted by molar-refractivity contribution is 7.19. The Hall–Kier alpha value is -3.41. The van der Waals surface area contributed by atoms with Gasteiger partial charge in [0.15, 0.2) is 11.3 Å². The predicted octanol–water partition coefficient (Wildman–Crippen LogP) is 3.42. The highest BCUT2D eigenvalue weighted by atomic mass is 32.1. The summed E-state index contributed by atoms with van der Waals surface area (Å²) in [4.78, 5) is 24.3. The third-order valence-corrected chi connectivity index (χ3v) is 6.70. The first-order chi connectivity index (χ1) is 15.2. The molecule has 7 nitrogen and oxygen atoms in total. The number of carbonyl (C=O) groups is 1. The van der Waals surface area contributed by atoms with Crippen LogP contribution in [0.15, 0.2) is 60.8 Å². The number of nitrogens with zero attached hydrogens (tertiary/aromatic N) is 5. The Kier molecular flexibility index (Phi) is 5.28. The molecule has 2 fully saturated rings. The van der Waals surface area contributed by atoms with Crippen LogP contribution in [0.3, 0.4) is 0 Å². The molecule has 1 aromatic heterocycles. The van der Waals surface area contributed by atoms with Crippen molar-refractivity contribution < 1.29 is 9.53 Å². The van der Waals surface area contributed by atoms with E-state index in [9.17, 15) is 10.1 Å². The van der Waals surface area contributed by atoms with Crippen LogP contribution < -0.4 is 9.64 Å². The number of rotatable bonds is 4. The van der Waals surface area contributed by atoms with Crippen LogP contribution in [-0.4, -0.2) is 59.5 Å². The molecule has 0 aliphatic carbocycles. The molecule has 2 saturated heterocycles. The molecule has 2 aliphatic heterocycles. The maximum absolute atomic E-state index is 13.2. The highest BCUT2D eigenvalue weighted by Crippen LogP contribution is 2.39. The summed E-state index contributed by atoms with van der Waals surface area (Å²) in [5, 5.41) is 9.91. The van der Waals surface area contributed by atoms with E-state index >= 15 is 0 Å². The Morgan fingerprint density at radius 2 is 1.81 bits per heavy atom. The molecule has 5 rings (SSSR count). The molecule has 3 aromatic rings. The fourth-order valence-electron chi connectivity index (χ4n) is 4.01. The summed E-state index contributed by atoms with van der Waals surface area (Å²) in [7, 11) is 0. The SMILES string of the molecule is N#CN1CCN2CCN(c3ncc(-c4ccccc4Oc4ccccc4)s3)C(=O)[C@@H]2C1. The zero-order chi connectivity index (χ0) is 21.2. The molecule has 0 bridgehead atoms. The molecule has 156 valence electrons. The first-order valence-corrected chi connectivity index (χ1v) is 11.0. The van der Waals surface area contributed by atoms with E-state index in [4.69, 9.17) is 4.74 Å². The second kappa shape index (κ2) is 8.38. The smallest absolute Gasteiger partial charge is 0.248 e. The number of carbonyl (C=O) groups excluding carboxylic acids is 1. The van der Waals surface area contributed by atoms with Crippen LogP contribution in [0.1, 0.15) is 0 Å². The van der Waals surface area contributed by atoms with Crippen molar-refractivity contribution in [1.82, 2.24) is 14.8 Å². The van der Waals surface area contributed by atoms with Gasteiger partial charge in [-0.05, 0) is 24.3 Å². The number of para-hydroxylation sites is 2. The summed E-state index contributed by atoms with van der Waals surface area (Å²) in [6, 6.07) is 17.2. The van der Waals surface area contributed by atoms with Gasteiger partial charge in [0.1, 0.15) is 17.5 Å². The molecule has 0 radical (unpaired) electrons. The van der Waals surface area contributed by atoms with Crippen LogP contribution in [-0.2, 0) is 4.79 Å². The van der Waals surface area contributed by atoms with Gasteiger partial charge in [-0.1, -0.05) is 41.7 Å². The van der Waals surface area contributed by atoms with Gasteiger partial charge >= 0.3 is 0 Å². The Morgan fingerprint density at radius 3 is 2.65 bits per heavy atom. The molecule has 0 spiro atoms. The molecule has 0 saturated carbocycles. The third-order valence-electron chi connectivity index (χ3n) is 5.64. The van der Waals surface area contributed by atoms with Crippen molar-refractivity contribution in [2.24, 2.45) is 0 Å². The topological polar surface area (TPSA) is 72.7 Å². The number of aromatic nitrogens is 1. The van der Waals surface area contributed by atoms with Crippen molar-refractivity contribution in [2.75, 3.05) is 37.6 Å². The zero-order valence-corrected chi connectivity index (χ0v) is 17.7. The Balaban J connectivity index is 1.39. The van der Waals surface area contributed by atoms with Gasteiger partial charge in [0.25, 0.3) is 0 Å². The number of fused-ring (bicyclic) bond motifs is 1. The molecule has 1 atom stereocenters. The van der Waals surface area contributed by atoms with Crippen LogP contribution in [0, 0.1) is 11.5 Å².